The molecule has 3 nitrogen and oxygen atoms in total. The monoisotopic (exact) mass is 296 g/mol. The van der Waals surface area contributed by atoms with Crippen LogP contribution in [-0.2, 0) is 0 Å². The molecule has 0 fully saturated rings. The van der Waals surface area contributed by atoms with E-state index < -0.39 is 0 Å². The van der Waals surface area contributed by atoms with Crippen LogP contribution in [0, 0.1) is 0 Å². The van der Waals surface area contributed by atoms with Gasteiger partial charge in [-0.25, -0.2) is 0 Å². The highest BCUT2D eigenvalue weighted by Gasteiger charge is 2.10. The highest BCUT2D eigenvalue weighted by Crippen LogP contribution is 2.29. The summed E-state index contributed by atoms with van der Waals surface area (Å²) in [7, 11) is 0. The number of anilines is 1. The molecular weight excluding hydrogens is 272 g/mol. The molecule has 0 bridgehead atoms. The summed E-state index contributed by atoms with van der Waals surface area (Å²) < 4.78 is 6.01. The maximum Gasteiger partial charge on any atom is 0.151 e. The third-order valence-corrected chi connectivity index (χ3v) is 3.07. The molecule has 3 heteroatoms. The standard InChI is InChI=1S/C19H24N2O/c1-4-13-20-18-12-8-9-16(19(18)22-15(2)3)14-21-17-10-6-5-7-11-17/h5-12,14-15,20H,4,13H2,1-3H3. The topological polar surface area (TPSA) is 33.6 Å². The third kappa shape index (κ3) is 4.62. The zero-order valence-electron chi connectivity index (χ0n) is 13.5. The molecule has 0 unspecified atom stereocenters. The molecule has 116 valence electrons. The third-order valence-electron chi connectivity index (χ3n) is 3.07. The van der Waals surface area contributed by atoms with Crippen LogP contribution in [0.25, 0.3) is 0 Å². The average Bonchev–Trinajstić information content (AvgIpc) is 2.53. The lowest BCUT2D eigenvalue weighted by Crippen LogP contribution is -2.11. The van der Waals surface area contributed by atoms with Gasteiger partial charge in [-0.3, -0.25) is 4.99 Å². The van der Waals surface area contributed by atoms with Crippen LogP contribution in [0.1, 0.15) is 32.8 Å². The van der Waals surface area contributed by atoms with Gasteiger partial charge in [0.15, 0.2) is 5.75 Å². The lowest BCUT2D eigenvalue weighted by atomic mass is 10.1. The number of rotatable bonds is 7. The molecular formula is C19H24N2O. The largest absolute Gasteiger partial charge is 0.488 e. The van der Waals surface area contributed by atoms with E-state index in [0.717, 1.165) is 35.7 Å². The SMILES string of the molecule is CCCNc1cccc(C=Nc2ccccc2)c1OC(C)C. The summed E-state index contributed by atoms with van der Waals surface area (Å²) in [5.41, 5.74) is 2.94. The Morgan fingerprint density at radius 3 is 2.55 bits per heavy atom. The van der Waals surface area contributed by atoms with Crippen molar-refractivity contribution in [2.45, 2.75) is 33.3 Å². The Kier molecular flexibility index (Phi) is 6.01. The fourth-order valence-corrected chi connectivity index (χ4v) is 2.08. The zero-order chi connectivity index (χ0) is 15.8. The van der Waals surface area contributed by atoms with Crippen molar-refractivity contribution in [3.63, 3.8) is 0 Å². The van der Waals surface area contributed by atoms with E-state index in [1.807, 2.05) is 68.6 Å². The molecule has 0 saturated heterocycles. The number of ether oxygens (including phenoxy) is 1. The van der Waals surface area contributed by atoms with E-state index in [4.69, 9.17) is 4.74 Å². The maximum absolute atomic E-state index is 6.01. The molecule has 0 aliphatic heterocycles. The van der Waals surface area contributed by atoms with Crippen molar-refractivity contribution in [3.8, 4) is 5.75 Å². The van der Waals surface area contributed by atoms with Gasteiger partial charge < -0.3 is 10.1 Å². The van der Waals surface area contributed by atoms with Crippen LogP contribution in [0.5, 0.6) is 5.75 Å². The van der Waals surface area contributed by atoms with E-state index >= 15 is 0 Å². The second kappa shape index (κ2) is 8.23. The van der Waals surface area contributed by atoms with Gasteiger partial charge in [0.05, 0.1) is 17.5 Å². The normalized spacial score (nSPS) is 11.1. The van der Waals surface area contributed by atoms with Crippen LogP contribution < -0.4 is 10.1 Å². The van der Waals surface area contributed by atoms with Gasteiger partial charge in [-0.2, -0.15) is 0 Å². The van der Waals surface area contributed by atoms with E-state index in [1.54, 1.807) is 0 Å². The van der Waals surface area contributed by atoms with E-state index in [0.29, 0.717) is 0 Å². The van der Waals surface area contributed by atoms with Gasteiger partial charge in [0.25, 0.3) is 0 Å². The van der Waals surface area contributed by atoms with E-state index in [1.165, 1.54) is 0 Å². The first-order chi connectivity index (χ1) is 10.7. The van der Waals surface area contributed by atoms with Crippen molar-refractivity contribution in [2.24, 2.45) is 4.99 Å². The number of nitrogens with zero attached hydrogens (tertiary/aromatic N) is 1. The Bertz CT molecular complexity index is 606. The van der Waals surface area contributed by atoms with E-state index in [-0.39, 0.29) is 6.10 Å². The molecule has 22 heavy (non-hydrogen) atoms. The summed E-state index contributed by atoms with van der Waals surface area (Å²) in [4.78, 5) is 4.53. The summed E-state index contributed by atoms with van der Waals surface area (Å²) in [6.45, 7) is 7.15. The molecule has 0 spiro atoms. The number of hydrogen-bond donors (Lipinski definition) is 1. The van der Waals surface area contributed by atoms with Crippen LogP contribution in [0.3, 0.4) is 0 Å². The van der Waals surface area contributed by atoms with Crippen LogP contribution in [0.15, 0.2) is 53.5 Å². The van der Waals surface area contributed by atoms with Crippen molar-refractivity contribution < 1.29 is 4.74 Å². The Morgan fingerprint density at radius 1 is 1.09 bits per heavy atom. The number of para-hydroxylation sites is 2. The molecule has 2 aromatic carbocycles. The highest BCUT2D eigenvalue weighted by atomic mass is 16.5. The van der Waals surface area contributed by atoms with Crippen molar-refractivity contribution in [2.75, 3.05) is 11.9 Å². The van der Waals surface area contributed by atoms with Crippen molar-refractivity contribution in [1.82, 2.24) is 0 Å². The number of hydrogen-bond acceptors (Lipinski definition) is 3. The Labute approximate surface area is 133 Å². The van der Waals surface area contributed by atoms with Gasteiger partial charge in [0, 0.05) is 18.3 Å². The molecule has 2 aromatic rings. The minimum absolute atomic E-state index is 0.119. The summed E-state index contributed by atoms with van der Waals surface area (Å²) in [5, 5.41) is 3.42. The number of benzene rings is 2. The van der Waals surface area contributed by atoms with Gasteiger partial charge in [-0.05, 0) is 44.5 Å². The summed E-state index contributed by atoms with van der Waals surface area (Å²) >= 11 is 0. The quantitative estimate of drug-likeness (QED) is 0.726. The molecule has 1 N–H and O–H groups in total. The van der Waals surface area contributed by atoms with E-state index in [2.05, 4.69) is 17.2 Å². The van der Waals surface area contributed by atoms with Crippen LogP contribution >= 0.6 is 0 Å². The van der Waals surface area contributed by atoms with E-state index in [9.17, 15) is 0 Å². The molecule has 0 heterocycles. The first-order valence-corrected chi connectivity index (χ1v) is 7.83. The second-order valence-corrected chi connectivity index (χ2v) is 5.41. The molecule has 0 aliphatic carbocycles. The van der Waals surface area contributed by atoms with Gasteiger partial charge in [-0.15, -0.1) is 0 Å². The van der Waals surface area contributed by atoms with Crippen molar-refractivity contribution in [1.29, 1.82) is 0 Å². The van der Waals surface area contributed by atoms with Gasteiger partial charge in [0.1, 0.15) is 0 Å². The van der Waals surface area contributed by atoms with Gasteiger partial charge in [0.2, 0.25) is 0 Å². The number of nitrogens with one attached hydrogen (secondary N) is 1. The Hall–Kier alpha value is -2.29. The molecule has 2 rings (SSSR count). The fraction of sp³-hybridized carbons (Fsp3) is 0.316. The smallest absolute Gasteiger partial charge is 0.151 e. The minimum atomic E-state index is 0.119. The second-order valence-electron chi connectivity index (χ2n) is 5.41. The van der Waals surface area contributed by atoms with Crippen LogP contribution in [-0.4, -0.2) is 18.9 Å². The molecule has 0 radical (unpaired) electrons. The maximum atomic E-state index is 6.01. The molecule has 0 atom stereocenters. The summed E-state index contributed by atoms with van der Waals surface area (Å²) in [6.07, 6.45) is 3.06. The molecule has 0 saturated carbocycles. The number of aliphatic imine (C=N–C) groups is 1. The lowest BCUT2D eigenvalue weighted by molar-refractivity contribution is 0.243. The first-order valence-electron chi connectivity index (χ1n) is 7.83. The predicted molar refractivity (Wildman–Crippen MR) is 94.7 cm³/mol. The predicted octanol–water partition coefficient (Wildman–Crippen LogP) is 5.05. The summed E-state index contributed by atoms with van der Waals surface area (Å²) in [5.74, 6) is 0.866. The van der Waals surface area contributed by atoms with Crippen LogP contribution in [0.4, 0.5) is 11.4 Å². The molecule has 0 aliphatic rings. The van der Waals surface area contributed by atoms with Crippen molar-refractivity contribution >= 4 is 17.6 Å². The minimum Gasteiger partial charge on any atom is -0.488 e. The van der Waals surface area contributed by atoms with Gasteiger partial charge >= 0.3 is 0 Å². The molecule has 0 aromatic heterocycles. The highest BCUT2D eigenvalue weighted by molar-refractivity contribution is 5.88. The summed E-state index contributed by atoms with van der Waals surface area (Å²) in [6, 6.07) is 16.0. The fourth-order valence-electron chi connectivity index (χ4n) is 2.08. The first kappa shape index (κ1) is 16.1. The average molecular weight is 296 g/mol. The van der Waals surface area contributed by atoms with Crippen LogP contribution in [0.2, 0.25) is 0 Å². The van der Waals surface area contributed by atoms with Gasteiger partial charge in [-0.1, -0.05) is 31.2 Å². The Morgan fingerprint density at radius 2 is 1.86 bits per heavy atom. The van der Waals surface area contributed by atoms with Crippen molar-refractivity contribution in [3.05, 3.63) is 54.1 Å². The zero-order valence-corrected chi connectivity index (χ0v) is 13.5. The lowest BCUT2D eigenvalue weighted by Gasteiger charge is -2.17. The Balaban J connectivity index is 2.30. The molecule has 0 amide bonds.